The van der Waals surface area contributed by atoms with Crippen molar-refractivity contribution >= 4 is 16.6 Å². The maximum atomic E-state index is 5.53. The van der Waals surface area contributed by atoms with E-state index in [1.54, 1.807) is 0 Å². The molecule has 0 saturated carbocycles. The van der Waals surface area contributed by atoms with E-state index in [0.29, 0.717) is 30.6 Å². The summed E-state index contributed by atoms with van der Waals surface area (Å²) in [5.74, 6) is 1.77. The lowest BCUT2D eigenvalue weighted by atomic mass is 10.1. The molecule has 4 aromatic rings. The van der Waals surface area contributed by atoms with E-state index < -0.39 is 0 Å². The maximum Gasteiger partial charge on any atom is 0.279 e. The normalized spacial score (nSPS) is 14.5. The van der Waals surface area contributed by atoms with Crippen molar-refractivity contribution in [3.05, 3.63) is 54.1 Å². The molecule has 7 nitrogen and oxygen atoms in total. The summed E-state index contributed by atoms with van der Waals surface area (Å²) in [6.07, 6.45) is 0. The lowest BCUT2D eigenvalue weighted by Gasteiger charge is -2.28. The monoisotopic (exact) mass is 373 g/mol. The third-order valence-electron chi connectivity index (χ3n) is 4.92. The number of ether oxygens (including phenoxy) is 1. The zero-order valence-electron chi connectivity index (χ0n) is 15.5. The van der Waals surface area contributed by atoms with E-state index in [1.807, 2.05) is 49.4 Å². The minimum absolute atomic E-state index is 0.368. The van der Waals surface area contributed by atoms with E-state index in [2.05, 4.69) is 31.3 Å². The fourth-order valence-corrected chi connectivity index (χ4v) is 3.40. The number of benzene rings is 2. The van der Waals surface area contributed by atoms with Crippen LogP contribution in [0.15, 0.2) is 53.1 Å². The Balaban J connectivity index is 1.57. The molecule has 0 N–H and O–H groups in total. The van der Waals surface area contributed by atoms with Gasteiger partial charge in [-0.25, -0.2) is 0 Å². The van der Waals surface area contributed by atoms with E-state index in [4.69, 9.17) is 9.26 Å². The van der Waals surface area contributed by atoms with E-state index in [9.17, 15) is 0 Å². The van der Waals surface area contributed by atoms with Gasteiger partial charge in [0.15, 0.2) is 11.5 Å². The quantitative estimate of drug-likeness (QED) is 0.544. The van der Waals surface area contributed by atoms with Gasteiger partial charge >= 0.3 is 0 Å². The maximum absolute atomic E-state index is 5.53. The Kier molecular flexibility index (Phi) is 4.21. The second-order valence-corrected chi connectivity index (χ2v) is 6.81. The molecule has 2 aromatic heterocycles. The van der Waals surface area contributed by atoms with Gasteiger partial charge in [-0.05, 0) is 6.92 Å². The topological polar surface area (TPSA) is 77.2 Å². The number of anilines is 1. The van der Waals surface area contributed by atoms with Crippen molar-refractivity contribution in [3.63, 3.8) is 0 Å². The van der Waals surface area contributed by atoms with Crippen LogP contribution in [0.5, 0.6) is 0 Å². The molecule has 0 amide bonds. The zero-order chi connectivity index (χ0) is 18.9. The van der Waals surface area contributed by atoms with Gasteiger partial charge < -0.3 is 14.2 Å². The van der Waals surface area contributed by atoms with Crippen LogP contribution in [0, 0.1) is 6.92 Å². The second-order valence-electron chi connectivity index (χ2n) is 6.81. The summed E-state index contributed by atoms with van der Waals surface area (Å²) in [4.78, 5) is 6.76. The zero-order valence-corrected chi connectivity index (χ0v) is 15.5. The van der Waals surface area contributed by atoms with Gasteiger partial charge in [0.2, 0.25) is 5.82 Å². The predicted octanol–water partition coefficient (Wildman–Crippen LogP) is 3.49. The molecule has 1 saturated heterocycles. The van der Waals surface area contributed by atoms with Gasteiger partial charge in [0.05, 0.1) is 13.2 Å². The van der Waals surface area contributed by atoms with Crippen LogP contribution in [-0.2, 0) is 4.74 Å². The number of nitrogens with zero attached hydrogens (tertiary/aromatic N) is 5. The fraction of sp³-hybridized carbons (Fsp3) is 0.238. The smallest absolute Gasteiger partial charge is 0.279 e. The third kappa shape index (κ3) is 2.99. The summed E-state index contributed by atoms with van der Waals surface area (Å²) in [6, 6.07) is 16.1. The SMILES string of the molecule is Cc1ccc(-c2noc(-c3nnc(N4CCOCC4)c4ccccc34)n2)cc1. The summed E-state index contributed by atoms with van der Waals surface area (Å²) in [5, 5.41) is 15.0. The average molecular weight is 373 g/mol. The third-order valence-corrected chi connectivity index (χ3v) is 4.92. The molecule has 0 aliphatic carbocycles. The Bertz CT molecular complexity index is 1120. The number of rotatable bonds is 3. The molecule has 0 spiro atoms. The second kappa shape index (κ2) is 7.01. The minimum atomic E-state index is 0.368. The largest absolute Gasteiger partial charge is 0.378 e. The van der Waals surface area contributed by atoms with Crippen LogP contribution in [0.2, 0.25) is 0 Å². The molecular formula is C21H19N5O2. The van der Waals surface area contributed by atoms with Crippen molar-refractivity contribution in [1.82, 2.24) is 20.3 Å². The first-order valence-corrected chi connectivity index (χ1v) is 9.29. The summed E-state index contributed by atoms with van der Waals surface area (Å²) in [6.45, 7) is 5.04. The van der Waals surface area contributed by atoms with E-state index in [0.717, 1.165) is 35.2 Å². The standard InChI is InChI=1S/C21H19N5O2/c1-14-6-8-15(9-7-14)19-22-21(28-25-19)18-16-4-2-3-5-17(16)20(24-23-18)26-10-12-27-13-11-26/h2-9H,10-13H2,1H3. The highest BCUT2D eigenvalue weighted by Gasteiger charge is 2.21. The molecule has 140 valence electrons. The van der Waals surface area contributed by atoms with Crippen LogP contribution in [0.4, 0.5) is 5.82 Å². The number of hydrogen-bond donors (Lipinski definition) is 0. The summed E-state index contributed by atoms with van der Waals surface area (Å²) in [5.41, 5.74) is 2.68. The van der Waals surface area contributed by atoms with Crippen molar-refractivity contribution in [3.8, 4) is 23.0 Å². The Morgan fingerprint density at radius 2 is 1.64 bits per heavy atom. The Morgan fingerprint density at radius 1 is 0.893 bits per heavy atom. The van der Waals surface area contributed by atoms with Crippen molar-refractivity contribution in [2.45, 2.75) is 6.92 Å². The summed E-state index contributed by atoms with van der Waals surface area (Å²) in [7, 11) is 0. The first-order valence-electron chi connectivity index (χ1n) is 9.29. The van der Waals surface area contributed by atoms with Crippen LogP contribution < -0.4 is 4.90 Å². The lowest BCUT2D eigenvalue weighted by Crippen LogP contribution is -2.37. The van der Waals surface area contributed by atoms with Gasteiger partial charge in [0.25, 0.3) is 5.89 Å². The molecule has 0 bridgehead atoms. The highest BCUT2D eigenvalue weighted by Crippen LogP contribution is 2.31. The molecule has 0 radical (unpaired) electrons. The highest BCUT2D eigenvalue weighted by molar-refractivity contribution is 5.99. The molecular weight excluding hydrogens is 354 g/mol. The van der Waals surface area contributed by atoms with Crippen molar-refractivity contribution < 1.29 is 9.26 Å². The van der Waals surface area contributed by atoms with Crippen molar-refractivity contribution in [2.75, 3.05) is 31.2 Å². The molecule has 28 heavy (non-hydrogen) atoms. The molecule has 0 atom stereocenters. The van der Waals surface area contributed by atoms with E-state index in [1.165, 1.54) is 5.56 Å². The summed E-state index contributed by atoms with van der Waals surface area (Å²) >= 11 is 0. The average Bonchev–Trinajstić information content (AvgIpc) is 3.24. The van der Waals surface area contributed by atoms with E-state index >= 15 is 0 Å². The molecule has 1 aliphatic rings. The number of morpholine rings is 1. The first kappa shape index (κ1) is 16.8. The number of fused-ring (bicyclic) bond motifs is 1. The Hall–Kier alpha value is -3.32. The summed E-state index contributed by atoms with van der Waals surface area (Å²) < 4.78 is 11.0. The molecule has 7 heteroatoms. The molecule has 0 unspecified atom stereocenters. The van der Waals surface area contributed by atoms with Gasteiger partial charge in [-0.3, -0.25) is 0 Å². The lowest BCUT2D eigenvalue weighted by molar-refractivity contribution is 0.122. The fourth-order valence-electron chi connectivity index (χ4n) is 3.40. The van der Waals surface area contributed by atoms with Gasteiger partial charge in [0.1, 0.15) is 0 Å². The molecule has 2 aromatic carbocycles. The number of aryl methyl sites for hydroxylation is 1. The van der Waals surface area contributed by atoms with Crippen LogP contribution in [-0.4, -0.2) is 46.6 Å². The number of aromatic nitrogens is 4. The van der Waals surface area contributed by atoms with Crippen molar-refractivity contribution in [1.29, 1.82) is 0 Å². The Labute approximate surface area is 162 Å². The van der Waals surface area contributed by atoms with Gasteiger partial charge in [-0.1, -0.05) is 59.3 Å². The predicted molar refractivity (Wildman–Crippen MR) is 106 cm³/mol. The van der Waals surface area contributed by atoms with Crippen LogP contribution in [0.25, 0.3) is 33.7 Å². The van der Waals surface area contributed by atoms with Gasteiger partial charge in [-0.2, -0.15) is 4.98 Å². The minimum Gasteiger partial charge on any atom is -0.378 e. The van der Waals surface area contributed by atoms with Crippen LogP contribution in [0.3, 0.4) is 0 Å². The Morgan fingerprint density at radius 3 is 2.43 bits per heavy atom. The van der Waals surface area contributed by atoms with Crippen molar-refractivity contribution in [2.24, 2.45) is 0 Å². The van der Waals surface area contributed by atoms with Gasteiger partial charge in [-0.15, -0.1) is 10.2 Å². The molecule has 3 heterocycles. The van der Waals surface area contributed by atoms with Gasteiger partial charge in [0, 0.05) is 29.4 Å². The number of hydrogen-bond acceptors (Lipinski definition) is 7. The highest BCUT2D eigenvalue weighted by atomic mass is 16.5. The molecule has 1 fully saturated rings. The molecule has 1 aliphatic heterocycles. The van der Waals surface area contributed by atoms with E-state index in [-0.39, 0.29) is 0 Å². The first-order chi connectivity index (χ1) is 13.8. The molecule has 5 rings (SSSR count). The van der Waals surface area contributed by atoms with Crippen LogP contribution in [0.1, 0.15) is 5.56 Å². The van der Waals surface area contributed by atoms with Crippen LogP contribution >= 0.6 is 0 Å².